The van der Waals surface area contributed by atoms with Gasteiger partial charge in [0.25, 0.3) is 0 Å². The maximum Gasteiger partial charge on any atom is 0.416 e. The van der Waals surface area contributed by atoms with Crippen LogP contribution in [0.1, 0.15) is 17.2 Å². The number of hydrogen-bond donors (Lipinski definition) is 1. The van der Waals surface area contributed by atoms with E-state index in [4.69, 9.17) is 10.5 Å². The molecule has 0 amide bonds. The van der Waals surface area contributed by atoms with Crippen LogP contribution in [0.5, 0.6) is 0 Å². The third-order valence-electron chi connectivity index (χ3n) is 3.04. The molecule has 1 atom stereocenters. The number of ether oxygens (including phenoxy) is 1. The molecule has 1 aromatic carbocycles. The highest BCUT2D eigenvalue weighted by Crippen LogP contribution is 2.32. The van der Waals surface area contributed by atoms with Crippen LogP contribution in [0.4, 0.5) is 17.6 Å². The molecule has 2 N–H and O–H groups in total. The fourth-order valence-corrected chi connectivity index (χ4v) is 1.93. The van der Waals surface area contributed by atoms with Crippen molar-refractivity contribution in [3.05, 3.63) is 35.1 Å². The number of nitrogens with zero attached hydrogens (tertiary/aromatic N) is 1. The Morgan fingerprint density at radius 3 is 2.45 bits per heavy atom. The van der Waals surface area contributed by atoms with Gasteiger partial charge in [-0.25, -0.2) is 4.39 Å². The van der Waals surface area contributed by atoms with Crippen LogP contribution in [0, 0.1) is 5.82 Å². The largest absolute Gasteiger partial charge is 0.416 e. The lowest BCUT2D eigenvalue weighted by molar-refractivity contribution is -0.137. The Balaban J connectivity index is 3.06. The summed E-state index contributed by atoms with van der Waals surface area (Å²) in [5.74, 6) is -0.923. The summed E-state index contributed by atoms with van der Waals surface area (Å²) in [6.07, 6.45) is -4.58. The van der Waals surface area contributed by atoms with E-state index in [9.17, 15) is 17.6 Å². The van der Waals surface area contributed by atoms with Gasteiger partial charge in [0.1, 0.15) is 5.82 Å². The fourth-order valence-electron chi connectivity index (χ4n) is 1.93. The highest BCUT2D eigenvalue weighted by Gasteiger charge is 2.32. The van der Waals surface area contributed by atoms with Gasteiger partial charge in [-0.1, -0.05) is 0 Å². The van der Waals surface area contributed by atoms with Gasteiger partial charge in [-0.3, -0.25) is 4.90 Å². The van der Waals surface area contributed by atoms with Crippen LogP contribution >= 0.6 is 0 Å². The summed E-state index contributed by atoms with van der Waals surface area (Å²) in [5, 5.41) is 0. The van der Waals surface area contributed by atoms with E-state index >= 15 is 0 Å². The molecule has 0 radical (unpaired) electrons. The molecule has 20 heavy (non-hydrogen) atoms. The number of nitrogens with two attached hydrogens (primary N) is 1. The van der Waals surface area contributed by atoms with E-state index in [1.54, 1.807) is 11.9 Å². The number of halogens is 4. The number of alkyl halides is 3. The first-order valence-corrected chi connectivity index (χ1v) is 6.06. The molecule has 0 heterocycles. The van der Waals surface area contributed by atoms with E-state index in [0.717, 1.165) is 12.1 Å². The summed E-state index contributed by atoms with van der Waals surface area (Å²) in [4.78, 5) is 1.73. The monoisotopic (exact) mass is 294 g/mol. The number of benzene rings is 1. The second-order valence-corrected chi connectivity index (χ2v) is 4.50. The van der Waals surface area contributed by atoms with Gasteiger partial charge < -0.3 is 10.5 Å². The molecule has 0 aliphatic heterocycles. The van der Waals surface area contributed by atoms with E-state index in [1.807, 2.05) is 0 Å². The summed E-state index contributed by atoms with van der Waals surface area (Å²) < 4.78 is 56.4. The summed E-state index contributed by atoms with van der Waals surface area (Å²) in [5.41, 5.74) is 4.80. The second kappa shape index (κ2) is 7.01. The first kappa shape index (κ1) is 16.9. The Hall–Kier alpha value is -1.18. The summed E-state index contributed by atoms with van der Waals surface area (Å²) >= 11 is 0. The molecule has 0 saturated heterocycles. The first-order valence-electron chi connectivity index (χ1n) is 6.06. The minimum Gasteiger partial charge on any atom is -0.383 e. The van der Waals surface area contributed by atoms with Crippen molar-refractivity contribution in [2.45, 2.75) is 12.2 Å². The van der Waals surface area contributed by atoms with E-state index in [1.165, 1.54) is 7.11 Å². The normalized spacial score (nSPS) is 13.8. The Bertz CT molecular complexity index is 437. The van der Waals surface area contributed by atoms with Crippen LogP contribution in [0.2, 0.25) is 0 Å². The lowest BCUT2D eigenvalue weighted by Crippen LogP contribution is -2.33. The molecule has 0 aliphatic carbocycles. The highest BCUT2D eigenvalue weighted by atomic mass is 19.4. The Morgan fingerprint density at radius 2 is 1.95 bits per heavy atom. The average Bonchev–Trinajstić information content (AvgIpc) is 2.35. The number of methoxy groups -OCH3 is 1. The molecule has 1 unspecified atom stereocenters. The molecule has 0 saturated carbocycles. The van der Waals surface area contributed by atoms with Crippen molar-refractivity contribution in [1.82, 2.24) is 4.90 Å². The molecule has 0 spiro atoms. The lowest BCUT2D eigenvalue weighted by atomic mass is 10.0. The second-order valence-electron chi connectivity index (χ2n) is 4.50. The van der Waals surface area contributed by atoms with Gasteiger partial charge in [-0.2, -0.15) is 13.2 Å². The summed E-state index contributed by atoms with van der Waals surface area (Å²) in [7, 11) is 3.23. The van der Waals surface area contributed by atoms with Gasteiger partial charge in [0.2, 0.25) is 0 Å². The maximum atomic E-state index is 13.4. The third kappa shape index (κ3) is 4.43. The van der Waals surface area contributed by atoms with E-state index in [0.29, 0.717) is 19.2 Å². The first-order chi connectivity index (χ1) is 9.29. The van der Waals surface area contributed by atoms with E-state index in [-0.39, 0.29) is 12.1 Å². The van der Waals surface area contributed by atoms with Gasteiger partial charge in [-0.15, -0.1) is 0 Å². The quantitative estimate of drug-likeness (QED) is 0.819. The third-order valence-corrected chi connectivity index (χ3v) is 3.04. The molecule has 0 aromatic heterocycles. The molecule has 7 heteroatoms. The summed E-state index contributed by atoms with van der Waals surface area (Å²) in [6, 6.07) is 1.99. The molecular weight excluding hydrogens is 276 g/mol. The lowest BCUT2D eigenvalue weighted by Gasteiger charge is -2.27. The van der Waals surface area contributed by atoms with Gasteiger partial charge in [0.15, 0.2) is 0 Å². The topological polar surface area (TPSA) is 38.5 Å². The SMILES string of the molecule is COCCN(C)C(CN)c1cc(F)cc(C(F)(F)F)c1. The molecule has 0 aliphatic rings. The Labute approximate surface area is 115 Å². The standard InChI is InChI=1S/C13H18F4N2O/c1-19(3-4-20-2)12(8-18)9-5-10(13(15,16)17)7-11(14)6-9/h5-7,12H,3-4,8,18H2,1-2H3. The van der Waals surface area contributed by atoms with Gasteiger partial charge >= 0.3 is 6.18 Å². The smallest absolute Gasteiger partial charge is 0.383 e. The van der Waals surface area contributed by atoms with Crippen molar-refractivity contribution in [3.63, 3.8) is 0 Å². The van der Waals surface area contributed by atoms with Gasteiger partial charge in [0, 0.05) is 26.2 Å². The van der Waals surface area contributed by atoms with E-state index < -0.39 is 23.6 Å². The number of hydrogen-bond acceptors (Lipinski definition) is 3. The van der Waals surface area contributed by atoms with Crippen LogP contribution in [0.15, 0.2) is 18.2 Å². The van der Waals surface area contributed by atoms with Crippen LogP contribution in [-0.4, -0.2) is 38.8 Å². The van der Waals surface area contributed by atoms with Crippen molar-refractivity contribution in [2.75, 3.05) is 33.9 Å². The molecule has 1 rings (SSSR count). The number of rotatable bonds is 6. The zero-order valence-corrected chi connectivity index (χ0v) is 11.4. The zero-order valence-electron chi connectivity index (χ0n) is 11.4. The highest BCUT2D eigenvalue weighted by molar-refractivity contribution is 5.29. The van der Waals surface area contributed by atoms with Gasteiger partial charge in [-0.05, 0) is 30.8 Å². The molecule has 3 nitrogen and oxygen atoms in total. The predicted molar refractivity (Wildman–Crippen MR) is 67.7 cm³/mol. The minimum atomic E-state index is -4.58. The molecule has 1 aromatic rings. The summed E-state index contributed by atoms with van der Waals surface area (Å²) in [6.45, 7) is 0.978. The van der Waals surface area contributed by atoms with Crippen molar-refractivity contribution < 1.29 is 22.3 Å². The predicted octanol–water partition coefficient (Wildman–Crippen LogP) is 2.42. The number of likely N-dealkylation sites (N-methyl/N-ethyl adjacent to an activating group) is 1. The molecule has 114 valence electrons. The molecule has 0 bridgehead atoms. The minimum absolute atomic E-state index is 0.0843. The van der Waals surface area contributed by atoms with E-state index in [2.05, 4.69) is 0 Å². The molecular formula is C13H18F4N2O. The Kier molecular flexibility index (Phi) is 5.91. The van der Waals surface area contributed by atoms with Gasteiger partial charge in [0.05, 0.1) is 12.2 Å². The van der Waals surface area contributed by atoms with Crippen LogP contribution in [-0.2, 0) is 10.9 Å². The zero-order chi connectivity index (χ0) is 15.3. The average molecular weight is 294 g/mol. The Morgan fingerprint density at radius 1 is 1.30 bits per heavy atom. The van der Waals surface area contributed by atoms with Crippen molar-refractivity contribution >= 4 is 0 Å². The van der Waals surface area contributed by atoms with Crippen molar-refractivity contribution in [1.29, 1.82) is 0 Å². The fraction of sp³-hybridized carbons (Fsp3) is 0.538. The maximum absolute atomic E-state index is 13.4. The van der Waals surface area contributed by atoms with Crippen LogP contribution in [0.3, 0.4) is 0 Å². The van der Waals surface area contributed by atoms with Crippen molar-refractivity contribution in [3.8, 4) is 0 Å². The van der Waals surface area contributed by atoms with Crippen LogP contribution in [0.25, 0.3) is 0 Å². The van der Waals surface area contributed by atoms with Crippen LogP contribution < -0.4 is 5.73 Å². The molecule has 0 fully saturated rings. The van der Waals surface area contributed by atoms with Crippen molar-refractivity contribution in [2.24, 2.45) is 5.73 Å².